The summed E-state index contributed by atoms with van der Waals surface area (Å²) in [5.74, 6) is 0.670. The van der Waals surface area contributed by atoms with E-state index in [-0.39, 0.29) is 27.4 Å². The summed E-state index contributed by atoms with van der Waals surface area (Å²) in [6, 6.07) is 3.12. The molecule has 1 saturated heterocycles. The lowest BCUT2D eigenvalue weighted by Crippen LogP contribution is -2.41. The fraction of sp³-hybridized carbons (Fsp3) is 0.600. The van der Waals surface area contributed by atoms with Crippen molar-refractivity contribution in [3.8, 4) is 0 Å². The molecule has 2 heterocycles. The molecular weight excluding hydrogens is 398 g/mol. The van der Waals surface area contributed by atoms with Crippen molar-refractivity contribution >= 4 is 39.1 Å². The highest BCUT2D eigenvalue weighted by molar-refractivity contribution is 7.90. The molecule has 8 heteroatoms. The summed E-state index contributed by atoms with van der Waals surface area (Å²) in [6.45, 7) is 2.85. The van der Waals surface area contributed by atoms with Crippen molar-refractivity contribution in [1.29, 1.82) is 0 Å². The molecule has 1 aliphatic carbocycles. The van der Waals surface area contributed by atoms with Crippen LogP contribution in [0.5, 0.6) is 0 Å². The molecule has 0 aromatic heterocycles. The maximum absolute atomic E-state index is 12.9. The number of nitrogens with one attached hydrogen (secondary N) is 1. The Morgan fingerprint density at radius 1 is 1.18 bits per heavy atom. The maximum atomic E-state index is 12.9. The van der Waals surface area contributed by atoms with Gasteiger partial charge >= 0.3 is 0 Å². The number of amidine groups is 1. The highest BCUT2D eigenvalue weighted by Crippen LogP contribution is 2.38. The second kappa shape index (κ2) is 7.67. The molecule has 1 aromatic carbocycles. The molecule has 0 radical (unpaired) electrons. The number of amides is 1. The zero-order valence-electron chi connectivity index (χ0n) is 16.1. The Hall–Kier alpha value is -1.60. The number of rotatable bonds is 2. The minimum absolute atomic E-state index is 0.0735. The van der Waals surface area contributed by atoms with Gasteiger partial charge in [0.25, 0.3) is 15.9 Å². The Kier molecular flexibility index (Phi) is 5.40. The van der Waals surface area contributed by atoms with E-state index < -0.39 is 10.0 Å². The van der Waals surface area contributed by atoms with Crippen molar-refractivity contribution in [3.63, 3.8) is 0 Å². The van der Waals surface area contributed by atoms with Crippen LogP contribution in [0.4, 0.5) is 5.69 Å². The molecule has 1 saturated carbocycles. The van der Waals surface area contributed by atoms with Gasteiger partial charge in [-0.2, -0.15) is 8.42 Å². The van der Waals surface area contributed by atoms with Crippen molar-refractivity contribution in [2.24, 2.45) is 10.3 Å². The van der Waals surface area contributed by atoms with Gasteiger partial charge < -0.3 is 10.2 Å². The van der Waals surface area contributed by atoms with Crippen LogP contribution < -0.4 is 10.2 Å². The average molecular weight is 424 g/mol. The second-order valence-corrected chi connectivity index (χ2v) is 10.1. The Morgan fingerprint density at radius 2 is 1.96 bits per heavy atom. The lowest BCUT2D eigenvalue weighted by Gasteiger charge is -2.31. The predicted octanol–water partition coefficient (Wildman–Crippen LogP) is 4.13. The van der Waals surface area contributed by atoms with Gasteiger partial charge in [0.05, 0.1) is 16.3 Å². The third kappa shape index (κ3) is 3.66. The van der Waals surface area contributed by atoms with Crippen LogP contribution in [0.15, 0.2) is 21.4 Å². The van der Waals surface area contributed by atoms with Crippen LogP contribution in [-0.4, -0.2) is 32.7 Å². The van der Waals surface area contributed by atoms with E-state index in [0.717, 1.165) is 38.5 Å². The number of halogens is 1. The van der Waals surface area contributed by atoms with Gasteiger partial charge in [0, 0.05) is 19.0 Å². The van der Waals surface area contributed by atoms with Crippen LogP contribution in [0.1, 0.15) is 68.6 Å². The monoisotopic (exact) mass is 423 g/mol. The molecule has 152 valence electrons. The second-order valence-electron chi connectivity index (χ2n) is 8.09. The largest absolute Gasteiger partial charge is 0.349 e. The number of hydrogen-bond acceptors (Lipinski definition) is 4. The number of hydrogen-bond donors (Lipinski definition) is 1. The first kappa shape index (κ1) is 19.7. The Morgan fingerprint density at radius 3 is 2.75 bits per heavy atom. The molecule has 3 aliphatic rings. The van der Waals surface area contributed by atoms with Gasteiger partial charge in [-0.05, 0) is 43.7 Å². The molecule has 2 aliphatic heterocycles. The minimum Gasteiger partial charge on any atom is -0.349 e. The topological polar surface area (TPSA) is 78.8 Å². The van der Waals surface area contributed by atoms with E-state index >= 15 is 0 Å². The predicted molar refractivity (Wildman–Crippen MR) is 111 cm³/mol. The van der Waals surface area contributed by atoms with Crippen LogP contribution in [0.2, 0.25) is 5.02 Å². The van der Waals surface area contributed by atoms with E-state index in [9.17, 15) is 13.2 Å². The fourth-order valence-electron chi connectivity index (χ4n) is 4.45. The van der Waals surface area contributed by atoms with Crippen LogP contribution in [0.25, 0.3) is 0 Å². The van der Waals surface area contributed by atoms with Gasteiger partial charge in [0.15, 0.2) is 0 Å². The molecule has 2 unspecified atom stereocenters. The third-order valence-corrected chi connectivity index (χ3v) is 7.76. The lowest BCUT2D eigenvalue weighted by molar-refractivity contribution is 0.0910. The Balaban J connectivity index is 1.69. The number of anilines is 1. The standard InChI is InChI=1S/C20H26ClN3O3S/c1-13-7-4-5-8-16(13)22-20(25)14-11-18-17(12-15(14)21)24-10-6-2-3-9-19(24)23-28(18,26)27/h11-13,16H,2-10H2,1H3,(H,22,25). The maximum Gasteiger partial charge on any atom is 0.286 e. The normalized spacial score (nSPS) is 26.5. The molecule has 1 N–H and O–H groups in total. The SMILES string of the molecule is CC1CCCCC1NC(=O)c1cc2c(cc1Cl)N1CCCCCC1=NS2(=O)=O. The summed E-state index contributed by atoms with van der Waals surface area (Å²) in [7, 11) is -3.84. The van der Waals surface area contributed by atoms with Crippen LogP contribution >= 0.6 is 11.6 Å². The Labute approximate surface area is 171 Å². The van der Waals surface area contributed by atoms with Crippen molar-refractivity contribution in [2.45, 2.75) is 69.2 Å². The van der Waals surface area contributed by atoms with Gasteiger partial charge in [0.2, 0.25) is 0 Å². The molecule has 1 amide bonds. The van der Waals surface area contributed by atoms with Gasteiger partial charge in [-0.1, -0.05) is 37.8 Å². The van der Waals surface area contributed by atoms with Crippen molar-refractivity contribution < 1.29 is 13.2 Å². The molecule has 0 spiro atoms. The molecule has 6 nitrogen and oxygen atoms in total. The quantitative estimate of drug-likeness (QED) is 0.775. The summed E-state index contributed by atoms with van der Waals surface area (Å²) < 4.78 is 29.6. The van der Waals surface area contributed by atoms with E-state index in [1.165, 1.54) is 12.5 Å². The van der Waals surface area contributed by atoms with Crippen LogP contribution in [-0.2, 0) is 10.0 Å². The molecule has 28 heavy (non-hydrogen) atoms. The first-order chi connectivity index (χ1) is 13.4. The van der Waals surface area contributed by atoms with Crippen LogP contribution in [0, 0.1) is 5.92 Å². The number of carbonyl (C=O) groups is 1. The summed E-state index contributed by atoms with van der Waals surface area (Å²) in [4.78, 5) is 14.9. The van der Waals surface area contributed by atoms with Gasteiger partial charge in [0.1, 0.15) is 10.7 Å². The molecule has 0 bridgehead atoms. The van der Waals surface area contributed by atoms with Crippen molar-refractivity contribution in [2.75, 3.05) is 11.4 Å². The molecule has 2 atom stereocenters. The average Bonchev–Trinajstić information content (AvgIpc) is 2.88. The third-order valence-electron chi connectivity index (χ3n) is 6.11. The molecule has 1 aromatic rings. The number of benzene rings is 1. The molecule has 2 fully saturated rings. The Bertz CT molecular complexity index is 929. The minimum atomic E-state index is -3.84. The zero-order valence-corrected chi connectivity index (χ0v) is 17.7. The molecule has 4 rings (SSSR count). The number of sulfonamides is 1. The highest BCUT2D eigenvalue weighted by atomic mass is 35.5. The summed E-state index contributed by atoms with van der Waals surface area (Å²) >= 11 is 6.45. The number of fused-ring (bicyclic) bond motifs is 3. The van der Waals surface area contributed by atoms with Gasteiger partial charge in [-0.25, -0.2) is 0 Å². The van der Waals surface area contributed by atoms with E-state index in [1.807, 2.05) is 4.90 Å². The highest BCUT2D eigenvalue weighted by Gasteiger charge is 2.34. The van der Waals surface area contributed by atoms with Crippen LogP contribution in [0.3, 0.4) is 0 Å². The van der Waals surface area contributed by atoms with E-state index in [0.29, 0.717) is 30.4 Å². The summed E-state index contributed by atoms with van der Waals surface area (Å²) in [6.07, 6.45) is 7.87. The van der Waals surface area contributed by atoms with Gasteiger partial charge in [-0.3, -0.25) is 4.79 Å². The zero-order chi connectivity index (χ0) is 19.9. The lowest BCUT2D eigenvalue weighted by atomic mass is 9.86. The van der Waals surface area contributed by atoms with E-state index in [4.69, 9.17) is 11.6 Å². The first-order valence-electron chi connectivity index (χ1n) is 10.1. The van der Waals surface area contributed by atoms with Gasteiger partial charge in [-0.15, -0.1) is 4.40 Å². The van der Waals surface area contributed by atoms with E-state index in [2.05, 4.69) is 16.6 Å². The number of carbonyl (C=O) groups excluding carboxylic acids is 1. The van der Waals surface area contributed by atoms with Crippen molar-refractivity contribution in [3.05, 3.63) is 22.7 Å². The van der Waals surface area contributed by atoms with Crippen molar-refractivity contribution in [1.82, 2.24) is 5.32 Å². The number of nitrogens with zero attached hydrogens (tertiary/aromatic N) is 2. The fourth-order valence-corrected chi connectivity index (χ4v) is 5.96. The summed E-state index contributed by atoms with van der Waals surface area (Å²) in [5, 5.41) is 3.34. The van der Waals surface area contributed by atoms with E-state index in [1.54, 1.807) is 6.07 Å². The smallest absolute Gasteiger partial charge is 0.286 e. The summed E-state index contributed by atoms with van der Waals surface area (Å²) in [5.41, 5.74) is 0.745. The first-order valence-corrected chi connectivity index (χ1v) is 11.9. The molecular formula is C20H26ClN3O3S.